The lowest BCUT2D eigenvalue weighted by Crippen LogP contribution is -2.45. The average Bonchev–Trinajstić information content (AvgIpc) is 2.65. The molecule has 2 aromatic rings. The molecule has 5 unspecified atom stereocenters. The van der Waals surface area contributed by atoms with Crippen molar-refractivity contribution in [1.82, 2.24) is 0 Å². The van der Waals surface area contributed by atoms with Crippen LogP contribution in [0, 0.1) is 17.8 Å². The zero-order valence-electron chi connectivity index (χ0n) is 15.3. The Hall–Kier alpha value is -1.29. The molecule has 3 rings (SSSR count). The monoisotopic (exact) mass is 356 g/mol. The molecule has 0 spiro atoms. The number of ether oxygens (including phenoxy) is 2. The van der Waals surface area contributed by atoms with Crippen molar-refractivity contribution in [3.63, 3.8) is 0 Å². The smallest absolute Gasteiger partial charge is 0.111 e. The molecule has 1 aliphatic rings. The first-order chi connectivity index (χ1) is 12.1. The highest BCUT2D eigenvalue weighted by Crippen LogP contribution is 2.41. The number of hydrogen-bond acceptors (Lipinski definition) is 3. The zero-order chi connectivity index (χ0) is 17.6. The van der Waals surface area contributed by atoms with Crippen molar-refractivity contribution in [2.75, 3.05) is 6.61 Å². The maximum atomic E-state index is 6.46. The van der Waals surface area contributed by atoms with Crippen LogP contribution in [-0.4, -0.2) is 18.1 Å². The van der Waals surface area contributed by atoms with Gasteiger partial charge in [0.05, 0.1) is 19.3 Å². The molecule has 134 valence electrons. The molecule has 0 N–H and O–H groups in total. The lowest BCUT2D eigenvalue weighted by Gasteiger charge is -2.43. The van der Waals surface area contributed by atoms with E-state index in [0.717, 1.165) is 0 Å². The topological polar surface area (TPSA) is 18.5 Å². The molecular formula is C22H28O2S. The molecule has 0 aliphatic carbocycles. The molecule has 1 aliphatic heterocycles. The largest absolute Gasteiger partial charge is 0.374 e. The van der Waals surface area contributed by atoms with Gasteiger partial charge in [0.2, 0.25) is 0 Å². The highest BCUT2D eigenvalue weighted by Gasteiger charge is 2.39. The van der Waals surface area contributed by atoms with E-state index in [2.05, 4.69) is 75.4 Å². The van der Waals surface area contributed by atoms with Crippen LogP contribution in [0.2, 0.25) is 0 Å². The quantitative estimate of drug-likeness (QED) is 0.668. The van der Waals surface area contributed by atoms with Crippen LogP contribution in [0.4, 0.5) is 0 Å². The molecule has 0 aromatic heterocycles. The highest BCUT2D eigenvalue weighted by atomic mass is 32.2. The highest BCUT2D eigenvalue weighted by molar-refractivity contribution is 7.99. The molecule has 2 aromatic carbocycles. The zero-order valence-corrected chi connectivity index (χ0v) is 16.1. The minimum Gasteiger partial charge on any atom is -0.374 e. The van der Waals surface area contributed by atoms with Gasteiger partial charge in [-0.1, -0.05) is 81.1 Å². The molecule has 3 heteroatoms. The summed E-state index contributed by atoms with van der Waals surface area (Å²) >= 11 is 1.83. The molecule has 1 saturated heterocycles. The number of benzene rings is 2. The number of hydrogen-bond donors (Lipinski definition) is 0. The van der Waals surface area contributed by atoms with Crippen LogP contribution >= 0.6 is 11.8 Å². The summed E-state index contributed by atoms with van der Waals surface area (Å²) in [5.41, 5.74) is 1.39. The van der Waals surface area contributed by atoms with Gasteiger partial charge in [-0.25, -0.2) is 0 Å². The first-order valence-electron chi connectivity index (χ1n) is 9.14. The molecule has 0 amide bonds. The second kappa shape index (κ2) is 8.88. The number of rotatable bonds is 6. The van der Waals surface area contributed by atoms with E-state index >= 15 is 0 Å². The summed E-state index contributed by atoms with van der Waals surface area (Å²) in [5, 5.41) is 0. The van der Waals surface area contributed by atoms with Crippen molar-refractivity contribution in [2.24, 2.45) is 17.8 Å². The first kappa shape index (κ1) is 18.5. The van der Waals surface area contributed by atoms with Crippen molar-refractivity contribution < 1.29 is 9.47 Å². The van der Waals surface area contributed by atoms with E-state index in [9.17, 15) is 0 Å². The fourth-order valence-electron chi connectivity index (χ4n) is 3.31. The molecule has 5 atom stereocenters. The van der Waals surface area contributed by atoms with Crippen molar-refractivity contribution in [3.05, 3.63) is 66.2 Å². The summed E-state index contributed by atoms with van der Waals surface area (Å²) in [4.78, 5) is 1.27. The van der Waals surface area contributed by atoms with Gasteiger partial charge >= 0.3 is 0 Å². The molecule has 0 bridgehead atoms. The predicted molar refractivity (Wildman–Crippen MR) is 105 cm³/mol. The second-order valence-electron chi connectivity index (χ2n) is 7.05. The summed E-state index contributed by atoms with van der Waals surface area (Å²) in [7, 11) is 0. The Morgan fingerprint density at radius 3 is 2.16 bits per heavy atom. The van der Waals surface area contributed by atoms with Crippen LogP contribution in [0.3, 0.4) is 0 Å². The van der Waals surface area contributed by atoms with Gasteiger partial charge in [-0.05, 0) is 35.4 Å². The van der Waals surface area contributed by atoms with Gasteiger partial charge in [-0.2, -0.15) is 0 Å². The fraction of sp³-hybridized carbons (Fsp3) is 0.455. The summed E-state index contributed by atoms with van der Waals surface area (Å²) in [6.07, 6.45) is 0.149. The Morgan fingerprint density at radius 1 is 0.840 bits per heavy atom. The molecular weight excluding hydrogens is 328 g/mol. The summed E-state index contributed by atoms with van der Waals surface area (Å²) in [5.74, 6) is 1.63. The predicted octanol–water partition coefficient (Wildman–Crippen LogP) is 5.63. The van der Waals surface area contributed by atoms with Gasteiger partial charge in [-0.3, -0.25) is 0 Å². The van der Waals surface area contributed by atoms with Crippen LogP contribution in [0.1, 0.15) is 26.3 Å². The minimum atomic E-state index is 0.149. The Kier molecular flexibility index (Phi) is 6.57. The SMILES string of the molecule is CC1C(COCc2ccccc2)OC(Sc2ccccc2)C(C)C1C. The van der Waals surface area contributed by atoms with E-state index in [1.54, 1.807) is 0 Å². The Morgan fingerprint density at radius 2 is 1.48 bits per heavy atom. The fourth-order valence-corrected chi connectivity index (χ4v) is 4.56. The molecule has 2 nitrogen and oxygen atoms in total. The summed E-state index contributed by atoms with van der Waals surface area (Å²) in [6, 6.07) is 20.9. The van der Waals surface area contributed by atoms with E-state index in [4.69, 9.17) is 9.47 Å². The number of thioether (sulfide) groups is 1. The van der Waals surface area contributed by atoms with E-state index in [0.29, 0.717) is 31.0 Å². The van der Waals surface area contributed by atoms with Gasteiger partial charge in [-0.15, -0.1) is 0 Å². The van der Waals surface area contributed by atoms with Crippen LogP contribution in [0.25, 0.3) is 0 Å². The van der Waals surface area contributed by atoms with Gasteiger partial charge < -0.3 is 9.47 Å². The van der Waals surface area contributed by atoms with E-state index in [-0.39, 0.29) is 11.5 Å². The van der Waals surface area contributed by atoms with E-state index < -0.39 is 0 Å². The van der Waals surface area contributed by atoms with Gasteiger partial charge in [0.15, 0.2) is 0 Å². The van der Waals surface area contributed by atoms with E-state index in [1.165, 1.54) is 10.5 Å². The van der Waals surface area contributed by atoms with Crippen LogP contribution < -0.4 is 0 Å². The average molecular weight is 357 g/mol. The second-order valence-corrected chi connectivity index (χ2v) is 8.22. The molecule has 1 fully saturated rings. The van der Waals surface area contributed by atoms with E-state index in [1.807, 2.05) is 17.8 Å². The first-order valence-corrected chi connectivity index (χ1v) is 10.0. The minimum absolute atomic E-state index is 0.149. The van der Waals surface area contributed by atoms with Crippen LogP contribution in [0.5, 0.6) is 0 Å². The summed E-state index contributed by atoms with van der Waals surface area (Å²) in [6.45, 7) is 8.25. The standard InChI is InChI=1S/C22H28O2S/c1-16-17(2)21(15-23-14-19-10-6-4-7-11-19)24-22(18(16)3)25-20-12-8-5-9-13-20/h4-13,16-18,21-22H,14-15H2,1-3H3. The van der Waals surface area contributed by atoms with Crippen molar-refractivity contribution in [1.29, 1.82) is 0 Å². The maximum Gasteiger partial charge on any atom is 0.111 e. The Bertz CT molecular complexity index is 631. The maximum absolute atomic E-state index is 6.46. The van der Waals surface area contributed by atoms with Crippen LogP contribution in [0.15, 0.2) is 65.6 Å². The lowest BCUT2D eigenvalue weighted by atomic mass is 9.80. The Balaban J connectivity index is 1.58. The molecule has 0 radical (unpaired) electrons. The van der Waals surface area contributed by atoms with Crippen molar-refractivity contribution >= 4 is 11.8 Å². The van der Waals surface area contributed by atoms with Gasteiger partial charge in [0, 0.05) is 4.90 Å². The lowest BCUT2D eigenvalue weighted by molar-refractivity contribution is -0.125. The normalized spacial score (nSPS) is 29.5. The summed E-state index contributed by atoms with van der Waals surface area (Å²) < 4.78 is 12.4. The third-order valence-corrected chi connectivity index (χ3v) is 6.69. The van der Waals surface area contributed by atoms with Crippen molar-refractivity contribution in [2.45, 2.75) is 43.8 Å². The Labute approximate surface area is 155 Å². The van der Waals surface area contributed by atoms with Crippen molar-refractivity contribution in [3.8, 4) is 0 Å². The molecule has 0 saturated carbocycles. The third kappa shape index (κ3) is 4.87. The van der Waals surface area contributed by atoms with Gasteiger partial charge in [0.1, 0.15) is 5.44 Å². The molecule has 1 heterocycles. The molecule has 25 heavy (non-hydrogen) atoms. The van der Waals surface area contributed by atoms with Gasteiger partial charge in [0.25, 0.3) is 0 Å². The third-order valence-electron chi connectivity index (χ3n) is 5.37. The van der Waals surface area contributed by atoms with Crippen LogP contribution in [-0.2, 0) is 16.1 Å².